The molecule has 98 valence electrons. The monoisotopic (exact) mass is 313 g/mol. The first-order valence-corrected chi connectivity index (χ1v) is 6.72. The Bertz CT molecular complexity index is 413. The van der Waals surface area contributed by atoms with E-state index >= 15 is 0 Å². The number of carbonyl (C=O) groups is 1. The molecular formula is C13H16BrNO3. The van der Waals surface area contributed by atoms with Gasteiger partial charge in [0.25, 0.3) is 5.91 Å². The Hall–Kier alpha value is -0.910. The number of hydrogen-bond donors (Lipinski definition) is 2. The number of rotatable bonds is 3. The third-order valence-corrected chi connectivity index (χ3v) is 3.64. The zero-order chi connectivity index (χ0) is 13.0. The zero-order valence-electron chi connectivity index (χ0n) is 9.99. The van der Waals surface area contributed by atoms with Crippen molar-refractivity contribution in [2.75, 3.05) is 19.8 Å². The molecule has 5 heteroatoms. The van der Waals surface area contributed by atoms with E-state index in [-0.39, 0.29) is 12.5 Å². The summed E-state index contributed by atoms with van der Waals surface area (Å²) in [4.78, 5) is 11.9. The molecule has 2 rings (SSSR count). The normalized spacial score (nSPS) is 18.3. The third kappa shape index (κ3) is 3.54. The van der Waals surface area contributed by atoms with Crippen LogP contribution in [-0.4, -0.2) is 36.4 Å². The molecule has 1 amide bonds. The van der Waals surface area contributed by atoms with E-state index in [0.29, 0.717) is 31.6 Å². The van der Waals surface area contributed by atoms with Gasteiger partial charge in [0, 0.05) is 42.6 Å². The number of halogens is 1. The number of aliphatic hydroxyl groups is 1. The third-order valence-electron chi connectivity index (χ3n) is 3.11. The number of amides is 1. The van der Waals surface area contributed by atoms with Crippen LogP contribution in [0.5, 0.6) is 0 Å². The Morgan fingerprint density at radius 1 is 1.33 bits per heavy atom. The highest BCUT2D eigenvalue weighted by Crippen LogP contribution is 2.19. The van der Waals surface area contributed by atoms with Crippen molar-refractivity contribution in [3.05, 3.63) is 34.3 Å². The molecule has 0 bridgehead atoms. The molecule has 2 N–H and O–H groups in total. The molecule has 0 saturated carbocycles. The summed E-state index contributed by atoms with van der Waals surface area (Å²) in [5, 5.41) is 13.0. The van der Waals surface area contributed by atoms with Crippen LogP contribution >= 0.6 is 15.9 Å². The fraction of sp³-hybridized carbons (Fsp3) is 0.462. The zero-order valence-corrected chi connectivity index (χ0v) is 11.6. The smallest absolute Gasteiger partial charge is 0.251 e. The number of benzene rings is 1. The highest BCUT2D eigenvalue weighted by Gasteiger charge is 2.30. The van der Waals surface area contributed by atoms with Crippen LogP contribution in [0.15, 0.2) is 28.7 Å². The van der Waals surface area contributed by atoms with Crippen LogP contribution in [-0.2, 0) is 4.74 Å². The maximum absolute atomic E-state index is 11.9. The van der Waals surface area contributed by atoms with Crippen LogP contribution in [0.1, 0.15) is 23.2 Å². The fourth-order valence-corrected chi connectivity index (χ4v) is 2.14. The summed E-state index contributed by atoms with van der Waals surface area (Å²) in [6.07, 6.45) is 1.13. The van der Waals surface area contributed by atoms with Crippen molar-refractivity contribution in [2.24, 2.45) is 0 Å². The molecule has 1 aromatic carbocycles. The molecule has 1 aliphatic heterocycles. The summed E-state index contributed by atoms with van der Waals surface area (Å²) in [6, 6.07) is 7.12. The Morgan fingerprint density at radius 2 is 1.94 bits per heavy atom. The maximum Gasteiger partial charge on any atom is 0.251 e. The van der Waals surface area contributed by atoms with E-state index in [0.717, 1.165) is 4.47 Å². The summed E-state index contributed by atoms with van der Waals surface area (Å²) < 4.78 is 6.12. The largest absolute Gasteiger partial charge is 0.388 e. The predicted octanol–water partition coefficient (Wildman–Crippen LogP) is 1.72. The number of hydrogen-bond acceptors (Lipinski definition) is 3. The molecule has 0 aliphatic carbocycles. The average Bonchev–Trinajstić information content (AvgIpc) is 2.38. The summed E-state index contributed by atoms with van der Waals surface area (Å²) in [7, 11) is 0. The average molecular weight is 314 g/mol. The molecule has 4 nitrogen and oxygen atoms in total. The SMILES string of the molecule is O=C(NCC1(O)CCOCC1)c1ccc(Br)cc1. The van der Waals surface area contributed by atoms with Crippen molar-refractivity contribution in [3.8, 4) is 0 Å². The Kier molecular flexibility index (Phi) is 4.37. The van der Waals surface area contributed by atoms with E-state index < -0.39 is 5.60 Å². The molecule has 18 heavy (non-hydrogen) atoms. The van der Waals surface area contributed by atoms with Gasteiger partial charge in [0.15, 0.2) is 0 Å². The minimum absolute atomic E-state index is 0.164. The molecule has 0 atom stereocenters. The van der Waals surface area contributed by atoms with E-state index in [1.807, 2.05) is 12.1 Å². The maximum atomic E-state index is 11.9. The molecule has 1 aliphatic rings. The first-order valence-electron chi connectivity index (χ1n) is 5.93. The summed E-state index contributed by atoms with van der Waals surface area (Å²) in [6.45, 7) is 1.36. The van der Waals surface area contributed by atoms with Gasteiger partial charge >= 0.3 is 0 Å². The molecule has 1 heterocycles. The van der Waals surface area contributed by atoms with Crippen LogP contribution in [0.3, 0.4) is 0 Å². The van der Waals surface area contributed by atoms with Crippen molar-refractivity contribution in [1.82, 2.24) is 5.32 Å². The quantitative estimate of drug-likeness (QED) is 0.893. The lowest BCUT2D eigenvalue weighted by atomic mass is 9.94. The molecule has 0 radical (unpaired) electrons. The Labute approximate surface area is 114 Å². The first-order chi connectivity index (χ1) is 8.59. The molecule has 0 aromatic heterocycles. The minimum atomic E-state index is -0.830. The van der Waals surface area contributed by atoms with E-state index in [4.69, 9.17) is 4.74 Å². The summed E-state index contributed by atoms with van der Waals surface area (Å²) >= 11 is 3.32. The van der Waals surface area contributed by atoms with E-state index in [1.54, 1.807) is 12.1 Å². The lowest BCUT2D eigenvalue weighted by Gasteiger charge is -2.32. The highest BCUT2D eigenvalue weighted by atomic mass is 79.9. The Balaban J connectivity index is 1.89. The van der Waals surface area contributed by atoms with Crippen molar-refractivity contribution in [3.63, 3.8) is 0 Å². The van der Waals surface area contributed by atoms with Gasteiger partial charge in [0.1, 0.15) is 0 Å². The lowest BCUT2D eigenvalue weighted by Crippen LogP contribution is -2.46. The van der Waals surface area contributed by atoms with Gasteiger partial charge in [-0.3, -0.25) is 4.79 Å². The summed E-state index contributed by atoms with van der Waals surface area (Å²) in [5.41, 5.74) is -0.239. The number of nitrogens with one attached hydrogen (secondary N) is 1. The lowest BCUT2D eigenvalue weighted by molar-refractivity contribution is -0.0605. The van der Waals surface area contributed by atoms with Gasteiger partial charge in [-0.2, -0.15) is 0 Å². The first kappa shape index (κ1) is 13.5. The van der Waals surface area contributed by atoms with Crippen LogP contribution in [0.4, 0.5) is 0 Å². The summed E-state index contributed by atoms with van der Waals surface area (Å²) in [5.74, 6) is -0.164. The van der Waals surface area contributed by atoms with E-state index in [9.17, 15) is 9.90 Å². The van der Waals surface area contributed by atoms with Crippen LogP contribution < -0.4 is 5.32 Å². The van der Waals surface area contributed by atoms with Crippen molar-refractivity contribution < 1.29 is 14.6 Å². The molecule has 1 aromatic rings. The molecule has 1 saturated heterocycles. The second-order valence-corrected chi connectivity index (χ2v) is 5.44. The topological polar surface area (TPSA) is 58.6 Å². The van der Waals surface area contributed by atoms with Gasteiger partial charge in [-0.25, -0.2) is 0 Å². The van der Waals surface area contributed by atoms with Gasteiger partial charge in [0.05, 0.1) is 5.60 Å². The van der Waals surface area contributed by atoms with Gasteiger partial charge in [-0.1, -0.05) is 15.9 Å². The predicted molar refractivity (Wildman–Crippen MR) is 71.5 cm³/mol. The van der Waals surface area contributed by atoms with Crippen molar-refractivity contribution >= 4 is 21.8 Å². The van der Waals surface area contributed by atoms with Gasteiger partial charge in [-0.05, 0) is 24.3 Å². The van der Waals surface area contributed by atoms with Gasteiger partial charge < -0.3 is 15.2 Å². The van der Waals surface area contributed by atoms with Crippen LogP contribution in [0.2, 0.25) is 0 Å². The number of ether oxygens (including phenoxy) is 1. The Morgan fingerprint density at radius 3 is 2.56 bits per heavy atom. The van der Waals surface area contributed by atoms with Gasteiger partial charge in [-0.15, -0.1) is 0 Å². The second kappa shape index (κ2) is 5.82. The van der Waals surface area contributed by atoms with Crippen molar-refractivity contribution in [2.45, 2.75) is 18.4 Å². The fourth-order valence-electron chi connectivity index (χ4n) is 1.88. The van der Waals surface area contributed by atoms with E-state index in [2.05, 4.69) is 21.2 Å². The standard InChI is InChI=1S/C13H16BrNO3/c14-11-3-1-10(2-4-11)12(16)15-9-13(17)5-7-18-8-6-13/h1-4,17H,5-9H2,(H,15,16). The minimum Gasteiger partial charge on any atom is -0.388 e. The number of carbonyl (C=O) groups excluding carboxylic acids is 1. The molecule has 0 unspecified atom stereocenters. The van der Waals surface area contributed by atoms with Crippen LogP contribution in [0.25, 0.3) is 0 Å². The van der Waals surface area contributed by atoms with Crippen LogP contribution in [0, 0.1) is 0 Å². The molecule has 1 fully saturated rings. The molecular weight excluding hydrogens is 298 g/mol. The second-order valence-electron chi connectivity index (χ2n) is 4.53. The molecule has 0 spiro atoms. The van der Waals surface area contributed by atoms with Crippen molar-refractivity contribution in [1.29, 1.82) is 0 Å². The van der Waals surface area contributed by atoms with E-state index in [1.165, 1.54) is 0 Å². The van der Waals surface area contributed by atoms with Gasteiger partial charge in [0.2, 0.25) is 0 Å². The highest BCUT2D eigenvalue weighted by molar-refractivity contribution is 9.10.